The van der Waals surface area contributed by atoms with Crippen LogP contribution in [0.3, 0.4) is 0 Å². The third kappa shape index (κ3) is 14.6. The Morgan fingerprint density at radius 3 is 1.95 bits per heavy atom. The standard InChI is InChI=1S/C36H44N2O13S3.2O3S/c1-6-19-51-34(41)25-13-10-14-27-31(25)35(2,3)29(37(27)17-11-20-52(42,43)44)15-8-7-9-16-30-36(4,5)32-26(33(39)40)22-24(54(48,49)50)23-28(32)38(30)18-12-21-53(45,46)47;2*1-4(2)3/h7-10,13-16,22-23H,6,11-12,17-21H2,1-5H3,(H3-,39,40,42,43,44,45,46,47,48,49,50);;. The molecule has 2 aliphatic rings. The minimum Gasteiger partial charge on any atom is -0.748 e. The van der Waals surface area contributed by atoms with Gasteiger partial charge in [0.05, 0.1) is 49.5 Å². The maximum atomic E-state index is 13.1. The first-order valence-electron chi connectivity index (χ1n) is 18.0. The molecule has 21 nitrogen and oxygen atoms in total. The average Bonchev–Trinajstić information content (AvgIpc) is 3.46. The minimum absolute atomic E-state index is 0.0197. The lowest BCUT2D eigenvalue weighted by molar-refractivity contribution is -0.437. The summed E-state index contributed by atoms with van der Waals surface area (Å²) in [6.07, 6.45) is 8.95. The summed E-state index contributed by atoms with van der Waals surface area (Å²) in [5.74, 6) is -3.16. The Balaban J connectivity index is 0.00000152. The molecule has 0 radical (unpaired) electrons. The predicted octanol–water partition coefficient (Wildman–Crippen LogP) is 2.57. The van der Waals surface area contributed by atoms with E-state index in [2.05, 4.69) is 0 Å². The molecule has 0 aliphatic carbocycles. The van der Waals surface area contributed by atoms with Crippen LogP contribution in [0, 0.1) is 0 Å². The van der Waals surface area contributed by atoms with Crippen LogP contribution in [-0.4, -0.2) is 123 Å². The number of allylic oxidation sites excluding steroid dienone is 6. The molecule has 4 rings (SSSR count). The Kier molecular flexibility index (Phi) is 18.4. The fourth-order valence-corrected chi connectivity index (χ4v) is 8.59. The first kappa shape index (κ1) is 53.2. The molecule has 342 valence electrons. The van der Waals surface area contributed by atoms with E-state index in [4.69, 9.17) is 30.0 Å². The van der Waals surface area contributed by atoms with E-state index >= 15 is 0 Å². The second kappa shape index (κ2) is 21.4. The molecule has 2 aromatic carbocycles. The molecule has 3 N–H and O–H groups in total. The summed E-state index contributed by atoms with van der Waals surface area (Å²) in [5.41, 5.74) is 0.965. The van der Waals surface area contributed by atoms with Gasteiger partial charge >= 0.3 is 33.2 Å². The molecule has 0 atom stereocenters. The lowest BCUT2D eigenvalue weighted by atomic mass is 9.79. The van der Waals surface area contributed by atoms with Crippen LogP contribution in [0.5, 0.6) is 0 Å². The number of hydrogen-bond donors (Lipinski definition) is 3. The zero-order valence-electron chi connectivity index (χ0n) is 33.7. The monoisotopic (exact) mass is 968 g/mol. The molecule has 0 saturated heterocycles. The smallest absolute Gasteiger partial charge is 0.425 e. The predicted molar refractivity (Wildman–Crippen MR) is 219 cm³/mol. The zero-order chi connectivity index (χ0) is 47.6. The van der Waals surface area contributed by atoms with Gasteiger partial charge in [-0.25, -0.2) is 18.0 Å². The number of nitrogens with zero attached hydrogens (tertiary/aromatic N) is 2. The van der Waals surface area contributed by atoms with E-state index in [0.717, 1.165) is 12.1 Å². The molecular formula is C36H44N2O19S5. The van der Waals surface area contributed by atoms with E-state index in [1.165, 1.54) is 0 Å². The number of carbonyl (C=O) groups is 2. The summed E-state index contributed by atoms with van der Waals surface area (Å²) in [5, 5.41) is 10.1. The first-order valence-corrected chi connectivity index (χ1v) is 24.6. The van der Waals surface area contributed by atoms with Gasteiger partial charge in [0.25, 0.3) is 20.2 Å². The Morgan fingerprint density at radius 2 is 1.44 bits per heavy atom. The highest BCUT2D eigenvalue weighted by Gasteiger charge is 2.47. The van der Waals surface area contributed by atoms with Gasteiger partial charge < -0.3 is 19.3 Å². The van der Waals surface area contributed by atoms with Crippen LogP contribution >= 0.6 is 0 Å². The fraction of sp³-hybridized carbons (Fsp3) is 0.417. The van der Waals surface area contributed by atoms with Gasteiger partial charge in [-0.2, -0.15) is 21.4 Å². The number of carbonyl (C=O) groups excluding carboxylic acids is 1. The summed E-state index contributed by atoms with van der Waals surface area (Å²) in [7, 11) is -19.9. The molecular weight excluding hydrogens is 925 g/mol. The van der Waals surface area contributed by atoms with Gasteiger partial charge in [-0.1, -0.05) is 45.1 Å². The second-order valence-electron chi connectivity index (χ2n) is 14.4. The van der Waals surface area contributed by atoms with Crippen molar-refractivity contribution in [3.05, 3.63) is 88.7 Å². The molecule has 62 heavy (non-hydrogen) atoms. The van der Waals surface area contributed by atoms with Crippen molar-refractivity contribution in [3.63, 3.8) is 0 Å². The quantitative estimate of drug-likeness (QED) is 0.0941. The van der Waals surface area contributed by atoms with E-state index in [1.54, 1.807) is 67.3 Å². The number of benzene rings is 2. The average molecular weight is 969 g/mol. The molecule has 2 aromatic rings. The maximum Gasteiger partial charge on any atom is 0.425 e. The maximum absolute atomic E-state index is 13.1. The van der Waals surface area contributed by atoms with Crippen molar-refractivity contribution in [3.8, 4) is 0 Å². The van der Waals surface area contributed by atoms with Gasteiger partial charge in [-0.05, 0) is 51.0 Å². The van der Waals surface area contributed by atoms with E-state index in [1.807, 2.05) is 25.3 Å². The van der Waals surface area contributed by atoms with E-state index in [9.17, 15) is 53.6 Å². The van der Waals surface area contributed by atoms with Gasteiger partial charge in [0, 0.05) is 53.2 Å². The molecule has 0 fully saturated rings. The Bertz CT molecular complexity index is 2730. The van der Waals surface area contributed by atoms with Crippen molar-refractivity contribution in [1.82, 2.24) is 0 Å². The van der Waals surface area contributed by atoms with E-state index in [-0.39, 0.29) is 49.4 Å². The largest absolute Gasteiger partial charge is 0.748 e. The summed E-state index contributed by atoms with van der Waals surface area (Å²) in [6, 6.07) is 7.14. The van der Waals surface area contributed by atoms with Crippen molar-refractivity contribution >= 4 is 80.6 Å². The molecule has 0 aromatic heterocycles. The van der Waals surface area contributed by atoms with Gasteiger partial charge in [0.15, 0.2) is 5.71 Å². The summed E-state index contributed by atoms with van der Waals surface area (Å²) in [6.45, 7) is 9.41. The Labute approximate surface area is 361 Å². The molecule has 0 spiro atoms. The Hall–Kier alpha value is -4.96. The van der Waals surface area contributed by atoms with Crippen LogP contribution < -0.4 is 4.90 Å². The molecule has 0 bridgehead atoms. The lowest BCUT2D eigenvalue weighted by Crippen LogP contribution is -2.29. The number of carboxylic acids is 1. The van der Waals surface area contributed by atoms with E-state index in [0.29, 0.717) is 34.6 Å². The van der Waals surface area contributed by atoms with Crippen LogP contribution in [0.25, 0.3) is 0 Å². The Morgan fingerprint density at radius 1 is 0.839 bits per heavy atom. The number of esters is 1. The molecule has 0 unspecified atom stereocenters. The van der Waals surface area contributed by atoms with Gasteiger partial charge in [0.1, 0.15) is 6.54 Å². The molecule has 0 saturated carbocycles. The van der Waals surface area contributed by atoms with Crippen LogP contribution in [0.2, 0.25) is 0 Å². The third-order valence-electron chi connectivity index (χ3n) is 9.30. The lowest BCUT2D eigenvalue weighted by Gasteiger charge is -2.27. The highest BCUT2D eigenvalue weighted by molar-refractivity contribution is 7.86. The normalized spacial score (nSPS) is 16.0. The minimum atomic E-state index is -4.84. The molecule has 2 aliphatic heterocycles. The number of fused-ring (bicyclic) bond motifs is 2. The molecule has 2 heterocycles. The molecule has 26 heteroatoms. The fourth-order valence-electron chi connectivity index (χ4n) is 7.08. The van der Waals surface area contributed by atoms with Gasteiger partial charge in [0.2, 0.25) is 5.69 Å². The number of anilines is 1. The third-order valence-corrected chi connectivity index (χ3v) is 11.7. The van der Waals surface area contributed by atoms with Crippen LogP contribution in [0.4, 0.5) is 11.4 Å². The van der Waals surface area contributed by atoms with Crippen molar-refractivity contribution in [2.24, 2.45) is 0 Å². The number of ether oxygens (including phenoxy) is 1. The summed E-state index contributed by atoms with van der Waals surface area (Å²) in [4.78, 5) is 26.4. The number of rotatable bonds is 16. The van der Waals surface area contributed by atoms with Crippen molar-refractivity contribution in [1.29, 1.82) is 0 Å². The second-order valence-corrected chi connectivity index (χ2v) is 19.7. The highest BCUT2D eigenvalue weighted by atomic mass is 32.2. The van der Waals surface area contributed by atoms with Crippen molar-refractivity contribution < 1.29 is 88.2 Å². The topological polar surface area (TPSA) is 338 Å². The zero-order valence-corrected chi connectivity index (χ0v) is 37.8. The van der Waals surface area contributed by atoms with Crippen LogP contribution in [0.15, 0.2) is 71.3 Å². The van der Waals surface area contributed by atoms with Crippen LogP contribution in [0.1, 0.15) is 85.7 Å². The van der Waals surface area contributed by atoms with Crippen LogP contribution in [-0.2, 0) is 67.1 Å². The molecule has 0 amide bonds. The van der Waals surface area contributed by atoms with Crippen molar-refractivity contribution in [2.45, 2.75) is 69.6 Å². The SMILES string of the molecule is CCCOC(=O)c1cccc2c1C(C)(C)C(/C=C/C=C/C=C1/N(CCCS(=O)(=O)O)c3cc(S(=O)(=O)O)cc(C(=O)O)c3C1(C)C)=[N+]2CCCS(=O)(=O)[O-].O=S(=O)=O.O=S(=O)=O. The van der Waals surface area contributed by atoms with Gasteiger partial charge in [-0.15, -0.1) is 25.3 Å². The number of aromatic carboxylic acids is 1. The first-order chi connectivity index (χ1) is 28.4. The highest BCUT2D eigenvalue weighted by Crippen LogP contribution is 2.50. The number of hydrogen-bond acceptors (Lipinski definition) is 17. The van der Waals surface area contributed by atoms with Gasteiger partial charge in [-0.3, -0.25) is 9.11 Å². The van der Waals surface area contributed by atoms with E-state index < -0.39 is 90.7 Å². The summed E-state index contributed by atoms with van der Waals surface area (Å²) >= 11 is 0. The number of carboxylic acid groups (broad SMARTS) is 1. The van der Waals surface area contributed by atoms with Crippen molar-refractivity contribution in [2.75, 3.05) is 36.1 Å². The summed E-state index contributed by atoms with van der Waals surface area (Å²) < 4.78 is 159.